The zero-order valence-corrected chi connectivity index (χ0v) is 15.5. The highest BCUT2D eigenvalue weighted by Gasteiger charge is 2.22. The molecule has 0 spiro atoms. The number of carbonyl (C=O) groups excluding carboxylic acids is 1. The zero-order valence-electron chi connectivity index (χ0n) is 14.6. The second-order valence-electron chi connectivity index (χ2n) is 6.18. The first-order valence-corrected chi connectivity index (χ1v) is 10.0. The molecule has 0 bridgehead atoms. The van der Waals surface area contributed by atoms with Crippen LogP contribution in [-0.4, -0.2) is 27.1 Å². The van der Waals surface area contributed by atoms with Crippen LogP contribution in [0.15, 0.2) is 66.7 Å². The van der Waals surface area contributed by atoms with Crippen molar-refractivity contribution in [2.24, 2.45) is 0 Å². The van der Waals surface area contributed by atoms with Crippen molar-refractivity contribution in [2.75, 3.05) is 22.4 Å². The van der Waals surface area contributed by atoms with Crippen LogP contribution < -0.4 is 9.62 Å². The molecule has 0 radical (unpaired) electrons. The summed E-state index contributed by atoms with van der Waals surface area (Å²) in [6.07, 6.45) is 1.11. The summed E-state index contributed by atoms with van der Waals surface area (Å²) >= 11 is 0. The summed E-state index contributed by atoms with van der Waals surface area (Å²) in [5, 5.41) is 4.44. The molecular weight excluding hydrogens is 348 g/mol. The van der Waals surface area contributed by atoms with Crippen LogP contribution in [0.25, 0.3) is 10.8 Å². The third-order valence-electron chi connectivity index (χ3n) is 4.06. The van der Waals surface area contributed by atoms with E-state index in [4.69, 9.17) is 0 Å². The maximum atomic E-state index is 12.4. The third-order valence-corrected chi connectivity index (χ3v) is 5.18. The van der Waals surface area contributed by atoms with Gasteiger partial charge in [0, 0.05) is 11.1 Å². The molecule has 0 aliphatic carbocycles. The van der Waals surface area contributed by atoms with Crippen molar-refractivity contribution in [3.05, 3.63) is 72.3 Å². The van der Waals surface area contributed by atoms with Crippen LogP contribution in [0.4, 0.5) is 11.4 Å². The van der Waals surface area contributed by atoms with Gasteiger partial charge in [-0.3, -0.25) is 9.10 Å². The summed E-state index contributed by atoms with van der Waals surface area (Å²) in [5.74, 6) is -0.396. The van der Waals surface area contributed by atoms with Crippen molar-refractivity contribution in [2.45, 2.75) is 6.92 Å². The second kappa shape index (κ2) is 7.17. The number of hydrogen-bond donors (Lipinski definition) is 1. The third kappa shape index (κ3) is 4.03. The Hall–Kier alpha value is -2.86. The van der Waals surface area contributed by atoms with E-state index >= 15 is 0 Å². The van der Waals surface area contributed by atoms with E-state index in [1.807, 2.05) is 49.4 Å². The monoisotopic (exact) mass is 368 g/mol. The molecule has 0 aromatic heterocycles. The molecule has 6 heteroatoms. The Morgan fingerprint density at radius 2 is 1.62 bits per heavy atom. The lowest BCUT2D eigenvalue weighted by Gasteiger charge is -2.23. The molecule has 1 amide bonds. The summed E-state index contributed by atoms with van der Waals surface area (Å²) in [5.41, 5.74) is 2.20. The van der Waals surface area contributed by atoms with Crippen molar-refractivity contribution in [1.82, 2.24) is 0 Å². The number of carbonyl (C=O) groups is 1. The Kier molecular flexibility index (Phi) is 4.95. The smallest absolute Gasteiger partial charge is 0.245 e. The Balaban J connectivity index is 1.91. The molecule has 26 heavy (non-hydrogen) atoms. The fourth-order valence-electron chi connectivity index (χ4n) is 2.77. The Labute approximate surface area is 153 Å². The van der Waals surface area contributed by atoms with Gasteiger partial charge in [-0.15, -0.1) is 0 Å². The summed E-state index contributed by atoms with van der Waals surface area (Å²) in [6.45, 7) is 1.66. The molecule has 0 saturated heterocycles. The van der Waals surface area contributed by atoms with Gasteiger partial charge in [-0.05, 0) is 30.5 Å². The zero-order chi connectivity index (χ0) is 18.7. The summed E-state index contributed by atoms with van der Waals surface area (Å²) < 4.78 is 25.8. The first kappa shape index (κ1) is 17.9. The largest absolute Gasteiger partial charge is 0.325 e. The number of rotatable bonds is 5. The topological polar surface area (TPSA) is 66.5 Å². The van der Waals surface area contributed by atoms with Gasteiger partial charge in [0.1, 0.15) is 6.54 Å². The van der Waals surface area contributed by atoms with E-state index in [9.17, 15) is 13.2 Å². The normalized spacial score (nSPS) is 11.3. The molecular formula is C20H20N2O3S. The molecule has 0 aliphatic rings. The van der Waals surface area contributed by atoms with E-state index < -0.39 is 15.9 Å². The Morgan fingerprint density at radius 1 is 0.962 bits per heavy atom. The molecule has 3 aromatic rings. The van der Waals surface area contributed by atoms with E-state index in [1.54, 1.807) is 24.3 Å². The Bertz CT molecular complexity index is 1040. The summed E-state index contributed by atoms with van der Waals surface area (Å²) in [4.78, 5) is 12.4. The van der Waals surface area contributed by atoms with Crippen LogP contribution in [0.2, 0.25) is 0 Å². The van der Waals surface area contributed by atoms with Crippen LogP contribution in [-0.2, 0) is 14.8 Å². The van der Waals surface area contributed by atoms with Gasteiger partial charge in [0.15, 0.2) is 0 Å². The fourth-order valence-corrected chi connectivity index (χ4v) is 3.64. The van der Waals surface area contributed by atoms with Gasteiger partial charge >= 0.3 is 0 Å². The molecule has 0 saturated carbocycles. The van der Waals surface area contributed by atoms with Crippen molar-refractivity contribution in [3.63, 3.8) is 0 Å². The molecule has 0 heterocycles. The number of hydrogen-bond acceptors (Lipinski definition) is 3. The molecule has 0 fully saturated rings. The van der Waals surface area contributed by atoms with Gasteiger partial charge in [0.2, 0.25) is 15.9 Å². The van der Waals surface area contributed by atoms with Gasteiger partial charge in [0.05, 0.1) is 11.9 Å². The van der Waals surface area contributed by atoms with E-state index in [1.165, 1.54) is 0 Å². The summed E-state index contributed by atoms with van der Waals surface area (Å²) in [7, 11) is -3.63. The maximum absolute atomic E-state index is 12.4. The van der Waals surface area contributed by atoms with Crippen LogP contribution >= 0.6 is 0 Å². The molecule has 134 valence electrons. The van der Waals surface area contributed by atoms with E-state index in [2.05, 4.69) is 5.32 Å². The van der Waals surface area contributed by atoms with Gasteiger partial charge in [-0.2, -0.15) is 0 Å². The minimum Gasteiger partial charge on any atom is -0.325 e. The van der Waals surface area contributed by atoms with Crippen LogP contribution in [0.3, 0.4) is 0 Å². The maximum Gasteiger partial charge on any atom is 0.245 e. The van der Waals surface area contributed by atoms with Gasteiger partial charge in [0.25, 0.3) is 0 Å². The average Bonchev–Trinajstić information content (AvgIpc) is 2.60. The van der Waals surface area contributed by atoms with Crippen LogP contribution in [0.1, 0.15) is 5.56 Å². The number of aryl methyl sites for hydroxylation is 1. The lowest BCUT2D eigenvalue weighted by molar-refractivity contribution is -0.114. The van der Waals surface area contributed by atoms with Crippen LogP contribution in [0.5, 0.6) is 0 Å². The molecule has 0 unspecified atom stereocenters. The molecule has 1 N–H and O–H groups in total. The number of amides is 1. The molecule has 5 nitrogen and oxygen atoms in total. The van der Waals surface area contributed by atoms with Gasteiger partial charge < -0.3 is 5.32 Å². The standard InChI is InChI=1S/C20H20N2O3S/c1-15-10-12-17(13-11-15)21-20(23)14-22(26(2,24)25)19-9-5-7-16-6-3-4-8-18(16)19/h3-13H,14H2,1-2H3,(H,21,23). The minimum atomic E-state index is -3.63. The highest BCUT2D eigenvalue weighted by atomic mass is 32.2. The molecule has 0 atom stereocenters. The fraction of sp³-hybridized carbons (Fsp3) is 0.150. The van der Waals surface area contributed by atoms with Crippen molar-refractivity contribution >= 4 is 38.1 Å². The average molecular weight is 368 g/mol. The quantitative estimate of drug-likeness (QED) is 0.749. The van der Waals surface area contributed by atoms with Crippen LogP contribution in [0, 0.1) is 6.92 Å². The molecule has 0 aliphatic heterocycles. The number of fused-ring (bicyclic) bond motifs is 1. The van der Waals surface area contributed by atoms with Gasteiger partial charge in [-0.1, -0.05) is 54.1 Å². The SMILES string of the molecule is Cc1ccc(NC(=O)CN(c2cccc3ccccc23)S(C)(=O)=O)cc1. The lowest BCUT2D eigenvalue weighted by atomic mass is 10.1. The Morgan fingerprint density at radius 3 is 2.31 bits per heavy atom. The number of sulfonamides is 1. The highest BCUT2D eigenvalue weighted by molar-refractivity contribution is 7.92. The van der Waals surface area contributed by atoms with Crippen molar-refractivity contribution in [1.29, 1.82) is 0 Å². The number of nitrogens with one attached hydrogen (secondary N) is 1. The number of benzene rings is 3. The number of nitrogens with zero attached hydrogens (tertiary/aromatic N) is 1. The second-order valence-corrected chi connectivity index (χ2v) is 8.09. The first-order valence-electron chi connectivity index (χ1n) is 8.16. The van der Waals surface area contributed by atoms with Crippen molar-refractivity contribution < 1.29 is 13.2 Å². The van der Waals surface area contributed by atoms with E-state index in [-0.39, 0.29) is 6.54 Å². The molecule has 3 rings (SSSR count). The predicted octanol–water partition coefficient (Wildman–Crippen LogP) is 3.55. The highest BCUT2D eigenvalue weighted by Crippen LogP contribution is 2.28. The number of anilines is 2. The summed E-state index contributed by atoms with van der Waals surface area (Å²) in [6, 6.07) is 20.2. The molecule has 3 aromatic carbocycles. The van der Waals surface area contributed by atoms with E-state index in [0.717, 1.165) is 26.9 Å². The van der Waals surface area contributed by atoms with Gasteiger partial charge in [-0.25, -0.2) is 8.42 Å². The lowest BCUT2D eigenvalue weighted by Crippen LogP contribution is -2.37. The predicted molar refractivity (Wildman–Crippen MR) is 106 cm³/mol. The van der Waals surface area contributed by atoms with E-state index in [0.29, 0.717) is 11.4 Å². The first-order chi connectivity index (χ1) is 12.3. The van der Waals surface area contributed by atoms with Crippen molar-refractivity contribution in [3.8, 4) is 0 Å². The minimum absolute atomic E-state index is 0.291.